The number of pyridine rings is 1. The van der Waals surface area contributed by atoms with Gasteiger partial charge in [0.15, 0.2) is 0 Å². The van der Waals surface area contributed by atoms with Crippen molar-refractivity contribution in [2.75, 3.05) is 0 Å². The van der Waals surface area contributed by atoms with Gasteiger partial charge in [0.1, 0.15) is 0 Å². The lowest BCUT2D eigenvalue weighted by Crippen LogP contribution is -1.97. The van der Waals surface area contributed by atoms with E-state index >= 15 is 0 Å². The van der Waals surface area contributed by atoms with Crippen LogP contribution in [-0.2, 0) is 12.3 Å². The lowest BCUT2D eigenvalue weighted by Gasteiger charge is -2.06. The number of hydrogen-bond acceptors (Lipinski definition) is 1. The lowest BCUT2D eigenvalue weighted by atomic mass is 10.1. The zero-order valence-electron chi connectivity index (χ0n) is 8.31. The van der Waals surface area contributed by atoms with Gasteiger partial charge in [-0.1, -0.05) is 19.4 Å². The molecule has 0 fully saturated rings. The third-order valence-corrected chi connectivity index (χ3v) is 2.39. The first kappa shape index (κ1) is 10.5. The average Bonchev–Trinajstić information content (AvgIpc) is 2.16. The Labute approximate surface area is 85.1 Å². The van der Waals surface area contributed by atoms with Gasteiger partial charge in [-0.05, 0) is 31.4 Å². The number of rotatable bonds is 4. The van der Waals surface area contributed by atoms with E-state index in [2.05, 4.69) is 24.0 Å². The molecule has 0 aliphatic rings. The summed E-state index contributed by atoms with van der Waals surface area (Å²) in [6.45, 7) is 4.20. The molecule has 0 amide bonds. The maximum atomic E-state index is 5.82. The van der Waals surface area contributed by atoms with Crippen LogP contribution in [0.2, 0.25) is 0 Å². The van der Waals surface area contributed by atoms with Gasteiger partial charge in [-0.3, -0.25) is 4.98 Å². The van der Waals surface area contributed by atoms with Gasteiger partial charge >= 0.3 is 0 Å². The van der Waals surface area contributed by atoms with Crippen molar-refractivity contribution in [3.63, 3.8) is 0 Å². The highest BCUT2D eigenvalue weighted by Crippen LogP contribution is 2.13. The van der Waals surface area contributed by atoms with Crippen molar-refractivity contribution < 1.29 is 0 Å². The first-order valence-corrected chi connectivity index (χ1v) is 5.32. The molecule has 0 aliphatic heterocycles. The smallest absolute Gasteiger partial charge is 0.0650 e. The molecular formula is C11H16ClN. The van der Waals surface area contributed by atoms with E-state index in [-0.39, 0.29) is 0 Å². The molecule has 1 heterocycles. The number of aryl methyl sites for hydroxylation is 2. The summed E-state index contributed by atoms with van der Waals surface area (Å²) in [6.07, 6.45) is 3.54. The largest absolute Gasteiger partial charge is 0.257 e. The van der Waals surface area contributed by atoms with E-state index in [1.807, 2.05) is 6.92 Å². The van der Waals surface area contributed by atoms with E-state index in [9.17, 15) is 0 Å². The van der Waals surface area contributed by atoms with Gasteiger partial charge in [-0.15, -0.1) is 11.6 Å². The summed E-state index contributed by atoms with van der Waals surface area (Å²) in [4.78, 5) is 4.41. The Balaban J connectivity index is 2.79. The fourth-order valence-corrected chi connectivity index (χ4v) is 1.58. The summed E-state index contributed by atoms with van der Waals surface area (Å²) in [5.41, 5.74) is 3.41. The van der Waals surface area contributed by atoms with Gasteiger partial charge < -0.3 is 0 Å². The van der Waals surface area contributed by atoms with Crippen molar-refractivity contribution in [2.45, 2.75) is 39.0 Å². The van der Waals surface area contributed by atoms with Crippen molar-refractivity contribution >= 4 is 11.6 Å². The minimum absolute atomic E-state index is 0.528. The summed E-state index contributed by atoms with van der Waals surface area (Å²) in [7, 11) is 0. The number of alkyl halides is 1. The zero-order valence-corrected chi connectivity index (χ0v) is 9.06. The second kappa shape index (κ2) is 5.23. The van der Waals surface area contributed by atoms with Crippen LogP contribution in [0.5, 0.6) is 0 Å². The summed E-state index contributed by atoms with van der Waals surface area (Å²) < 4.78 is 0. The van der Waals surface area contributed by atoms with E-state index < -0.39 is 0 Å². The third kappa shape index (κ3) is 3.00. The molecule has 0 saturated carbocycles. The van der Waals surface area contributed by atoms with E-state index in [1.54, 1.807) is 0 Å². The maximum absolute atomic E-state index is 5.82. The van der Waals surface area contributed by atoms with Gasteiger partial charge in [-0.25, -0.2) is 0 Å². The molecule has 0 atom stereocenters. The van der Waals surface area contributed by atoms with Crippen LogP contribution in [0.4, 0.5) is 0 Å². The second-order valence-corrected chi connectivity index (χ2v) is 3.56. The molecule has 0 saturated heterocycles. The molecule has 13 heavy (non-hydrogen) atoms. The van der Waals surface area contributed by atoms with Crippen LogP contribution in [0.15, 0.2) is 12.1 Å². The fraction of sp³-hybridized carbons (Fsp3) is 0.545. The lowest BCUT2D eigenvalue weighted by molar-refractivity contribution is 0.784. The van der Waals surface area contributed by atoms with Gasteiger partial charge in [0, 0.05) is 5.69 Å². The van der Waals surface area contributed by atoms with Crippen LogP contribution in [0.1, 0.15) is 36.7 Å². The van der Waals surface area contributed by atoms with Crippen molar-refractivity contribution in [3.8, 4) is 0 Å². The molecule has 72 valence electrons. The monoisotopic (exact) mass is 197 g/mol. The Morgan fingerprint density at radius 3 is 2.77 bits per heavy atom. The molecule has 1 aromatic rings. The molecule has 0 aliphatic carbocycles. The number of halogens is 1. The highest BCUT2D eigenvalue weighted by Gasteiger charge is 2.02. The Hall–Kier alpha value is -0.560. The Morgan fingerprint density at radius 1 is 1.38 bits per heavy atom. The topological polar surface area (TPSA) is 12.9 Å². The van der Waals surface area contributed by atoms with Crippen molar-refractivity contribution in [1.29, 1.82) is 0 Å². The van der Waals surface area contributed by atoms with Gasteiger partial charge in [-0.2, -0.15) is 0 Å². The Kier molecular flexibility index (Phi) is 4.23. The molecule has 0 spiro atoms. The van der Waals surface area contributed by atoms with E-state index in [0.29, 0.717) is 5.88 Å². The predicted molar refractivity (Wildman–Crippen MR) is 57.1 cm³/mol. The molecule has 1 aromatic heterocycles. The van der Waals surface area contributed by atoms with E-state index in [0.717, 1.165) is 17.8 Å². The summed E-state index contributed by atoms with van der Waals surface area (Å²) in [5, 5.41) is 0. The normalized spacial score (nSPS) is 10.4. The van der Waals surface area contributed by atoms with Crippen LogP contribution >= 0.6 is 11.6 Å². The molecular weight excluding hydrogens is 182 g/mol. The molecule has 2 heteroatoms. The molecule has 0 bridgehead atoms. The number of unbranched alkanes of at least 4 members (excludes halogenated alkanes) is 1. The molecule has 0 N–H and O–H groups in total. The van der Waals surface area contributed by atoms with Crippen molar-refractivity contribution in [2.24, 2.45) is 0 Å². The Morgan fingerprint density at radius 2 is 2.15 bits per heavy atom. The minimum Gasteiger partial charge on any atom is -0.257 e. The van der Waals surface area contributed by atoms with Gasteiger partial charge in [0.2, 0.25) is 0 Å². The second-order valence-electron chi connectivity index (χ2n) is 3.30. The van der Waals surface area contributed by atoms with Gasteiger partial charge in [0.25, 0.3) is 0 Å². The fourth-order valence-electron chi connectivity index (χ4n) is 1.35. The molecule has 1 nitrogen and oxygen atoms in total. The van der Waals surface area contributed by atoms with Crippen LogP contribution in [0.25, 0.3) is 0 Å². The molecule has 0 radical (unpaired) electrons. The summed E-state index contributed by atoms with van der Waals surface area (Å²) in [5.74, 6) is 0.528. The zero-order chi connectivity index (χ0) is 9.68. The maximum Gasteiger partial charge on any atom is 0.0650 e. The van der Waals surface area contributed by atoms with E-state index in [4.69, 9.17) is 11.6 Å². The highest BCUT2D eigenvalue weighted by molar-refractivity contribution is 6.17. The number of nitrogens with zero attached hydrogens (tertiary/aromatic N) is 1. The highest BCUT2D eigenvalue weighted by atomic mass is 35.5. The number of hydrogen-bond donors (Lipinski definition) is 0. The summed E-state index contributed by atoms with van der Waals surface area (Å²) in [6, 6.07) is 4.21. The van der Waals surface area contributed by atoms with Crippen LogP contribution in [-0.4, -0.2) is 4.98 Å². The molecule has 1 rings (SSSR count). The Bertz CT molecular complexity index is 271. The van der Waals surface area contributed by atoms with Crippen molar-refractivity contribution in [1.82, 2.24) is 4.98 Å². The third-order valence-electron chi connectivity index (χ3n) is 2.13. The number of aromatic nitrogens is 1. The van der Waals surface area contributed by atoms with Crippen LogP contribution in [0, 0.1) is 6.92 Å². The van der Waals surface area contributed by atoms with Gasteiger partial charge in [0.05, 0.1) is 11.6 Å². The SMILES string of the molecule is CCCCc1ccc(C)nc1CCl. The first-order chi connectivity index (χ1) is 6.27. The minimum atomic E-state index is 0.528. The average molecular weight is 198 g/mol. The predicted octanol–water partition coefficient (Wildman–Crippen LogP) is 3.47. The quantitative estimate of drug-likeness (QED) is 0.674. The molecule has 0 unspecified atom stereocenters. The van der Waals surface area contributed by atoms with Crippen molar-refractivity contribution in [3.05, 3.63) is 29.1 Å². The van der Waals surface area contributed by atoms with E-state index in [1.165, 1.54) is 18.4 Å². The van der Waals surface area contributed by atoms with Crippen LogP contribution < -0.4 is 0 Å². The summed E-state index contributed by atoms with van der Waals surface area (Å²) >= 11 is 5.82. The standard InChI is InChI=1S/C11H16ClN/c1-3-4-5-10-7-6-9(2)13-11(10)8-12/h6-7H,3-5,8H2,1-2H3. The first-order valence-electron chi connectivity index (χ1n) is 4.79. The molecule has 0 aromatic carbocycles. The van der Waals surface area contributed by atoms with Crippen LogP contribution in [0.3, 0.4) is 0 Å².